The molecule has 3 aliphatic rings. The van der Waals surface area contributed by atoms with Crippen molar-refractivity contribution in [3.8, 4) is 0 Å². The van der Waals surface area contributed by atoms with E-state index in [1.807, 2.05) is 30.4 Å². The Morgan fingerprint density at radius 2 is 2.12 bits per heavy atom. The zero-order chi connectivity index (χ0) is 11.5. The van der Waals surface area contributed by atoms with E-state index < -0.39 is 0 Å². The smallest absolute Gasteiger partial charge is 0.131 e. The van der Waals surface area contributed by atoms with E-state index in [1.165, 1.54) is 0 Å². The molecule has 0 spiro atoms. The number of ether oxygens (including phenoxy) is 2. The zero-order valence-electron chi connectivity index (χ0n) is 9.17. The molecule has 1 radical (unpaired) electrons. The van der Waals surface area contributed by atoms with Crippen LogP contribution < -0.4 is 0 Å². The van der Waals surface area contributed by atoms with Gasteiger partial charge in [-0.05, 0) is 29.9 Å². The van der Waals surface area contributed by atoms with Gasteiger partial charge >= 0.3 is 0 Å². The number of rotatable bonds is 0. The fraction of sp³-hybridized carbons (Fsp3) is 0.0667. The maximum atomic E-state index is 5.66. The average Bonchev–Trinajstić information content (AvgIpc) is 2.36. The maximum absolute atomic E-state index is 5.66. The SMILES string of the molecule is [C]1=C/C2=C/C3C=CC=C/C3=C\O/C=C\C(=C1)O2. The first-order valence-corrected chi connectivity index (χ1v) is 5.48. The lowest BCUT2D eigenvalue weighted by molar-refractivity contribution is 0.320. The van der Waals surface area contributed by atoms with Gasteiger partial charge in [-0.3, -0.25) is 0 Å². The second-order valence-corrected chi connectivity index (χ2v) is 3.86. The Labute approximate surface area is 100 Å². The van der Waals surface area contributed by atoms with E-state index >= 15 is 0 Å². The van der Waals surface area contributed by atoms with Crippen molar-refractivity contribution in [1.82, 2.24) is 0 Å². The molecular formula is C15H11O2. The molecule has 0 aromatic rings. The molecule has 0 N–H and O–H groups in total. The molecule has 1 atom stereocenters. The molecule has 3 rings (SSSR count). The third-order valence-electron chi connectivity index (χ3n) is 2.65. The van der Waals surface area contributed by atoms with Gasteiger partial charge in [0.15, 0.2) is 0 Å². The molecule has 0 aromatic heterocycles. The Morgan fingerprint density at radius 1 is 1.12 bits per heavy atom. The van der Waals surface area contributed by atoms with Crippen LogP contribution in [0.2, 0.25) is 0 Å². The van der Waals surface area contributed by atoms with Crippen LogP contribution in [-0.2, 0) is 9.47 Å². The summed E-state index contributed by atoms with van der Waals surface area (Å²) in [4.78, 5) is 0. The minimum Gasteiger partial charge on any atom is -0.472 e. The molecular weight excluding hydrogens is 212 g/mol. The molecule has 2 aliphatic heterocycles. The van der Waals surface area contributed by atoms with Crippen LogP contribution in [0.4, 0.5) is 0 Å². The Morgan fingerprint density at radius 3 is 3.12 bits per heavy atom. The Balaban J connectivity index is 2.02. The predicted octanol–water partition coefficient (Wildman–Crippen LogP) is 3.31. The van der Waals surface area contributed by atoms with E-state index in [4.69, 9.17) is 9.47 Å². The van der Waals surface area contributed by atoms with Gasteiger partial charge in [0.05, 0.1) is 12.5 Å². The molecule has 2 bridgehead atoms. The molecule has 0 saturated carbocycles. The van der Waals surface area contributed by atoms with E-state index in [0.29, 0.717) is 0 Å². The van der Waals surface area contributed by atoms with E-state index in [9.17, 15) is 0 Å². The van der Waals surface area contributed by atoms with Crippen LogP contribution in [0.5, 0.6) is 0 Å². The average molecular weight is 223 g/mol. The first-order valence-electron chi connectivity index (χ1n) is 5.48. The van der Waals surface area contributed by atoms with E-state index in [1.54, 1.807) is 24.7 Å². The van der Waals surface area contributed by atoms with Crippen LogP contribution in [-0.4, -0.2) is 0 Å². The summed E-state index contributed by atoms with van der Waals surface area (Å²) in [6.07, 6.45) is 22.0. The van der Waals surface area contributed by atoms with Gasteiger partial charge < -0.3 is 9.47 Å². The Kier molecular flexibility index (Phi) is 2.54. The van der Waals surface area contributed by atoms with E-state index in [2.05, 4.69) is 12.2 Å². The molecule has 1 unspecified atom stereocenters. The largest absolute Gasteiger partial charge is 0.472 e. The lowest BCUT2D eigenvalue weighted by Crippen LogP contribution is -2.03. The highest BCUT2D eigenvalue weighted by Crippen LogP contribution is 2.25. The van der Waals surface area contributed by atoms with Crippen LogP contribution in [0.1, 0.15) is 0 Å². The molecule has 83 valence electrons. The highest BCUT2D eigenvalue weighted by molar-refractivity contribution is 5.38. The van der Waals surface area contributed by atoms with Gasteiger partial charge in [-0.1, -0.05) is 24.3 Å². The molecule has 2 heteroatoms. The fourth-order valence-electron chi connectivity index (χ4n) is 1.81. The van der Waals surface area contributed by atoms with Gasteiger partial charge in [0.25, 0.3) is 0 Å². The lowest BCUT2D eigenvalue weighted by atomic mass is 9.94. The number of hydrogen-bond acceptors (Lipinski definition) is 2. The van der Waals surface area contributed by atoms with E-state index in [-0.39, 0.29) is 5.92 Å². The molecule has 0 fully saturated rings. The summed E-state index contributed by atoms with van der Waals surface area (Å²) in [5, 5.41) is 0. The van der Waals surface area contributed by atoms with Gasteiger partial charge in [0, 0.05) is 12.0 Å². The molecule has 1 aliphatic carbocycles. The second-order valence-electron chi connectivity index (χ2n) is 3.86. The van der Waals surface area contributed by atoms with Crippen molar-refractivity contribution in [2.24, 2.45) is 5.92 Å². The molecule has 17 heavy (non-hydrogen) atoms. The lowest BCUT2D eigenvalue weighted by Gasteiger charge is -2.17. The van der Waals surface area contributed by atoms with Gasteiger partial charge in [0.2, 0.25) is 0 Å². The normalized spacial score (nSPS) is 32.9. The van der Waals surface area contributed by atoms with Crippen molar-refractivity contribution in [3.05, 3.63) is 84.3 Å². The standard InChI is InChI=1S/C15H11O2/c1-2-5-13-11-16-9-8-14-6-3-7-15(17-14)10-12(13)4-1/h1-2,4-12H/b9-8-,13-11+,15-10-. The molecule has 2 heterocycles. The first-order chi connectivity index (χ1) is 8.42. The highest BCUT2D eigenvalue weighted by atomic mass is 16.5. The number of hydrogen-bond donors (Lipinski definition) is 0. The second kappa shape index (κ2) is 4.34. The molecule has 0 amide bonds. The van der Waals surface area contributed by atoms with Crippen molar-refractivity contribution < 1.29 is 9.47 Å². The van der Waals surface area contributed by atoms with Crippen molar-refractivity contribution in [2.75, 3.05) is 0 Å². The maximum Gasteiger partial charge on any atom is 0.131 e. The van der Waals surface area contributed by atoms with Gasteiger partial charge in [0.1, 0.15) is 11.5 Å². The van der Waals surface area contributed by atoms with E-state index in [0.717, 1.165) is 17.1 Å². The number of allylic oxidation sites excluding steroid dienone is 10. The minimum absolute atomic E-state index is 0.180. The van der Waals surface area contributed by atoms with Gasteiger partial charge in [-0.2, -0.15) is 0 Å². The summed E-state index contributed by atoms with van der Waals surface area (Å²) in [6.45, 7) is 0. The van der Waals surface area contributed by atoms with Crippen LogP contribution >= 0.6 is 0 Å². The van der Waals surface area contributed by atoms with Gasteiger partial charge in [-0.25, -0.2) is 0 Å². The van der Waals surface area contributed by atoms with Crippen molar-refractivity contribution in [1.29, 1.82) is 0 Å². The first kappa shape index (κ1) is 9.97. The third kappa shape index (κ3) is 2.16. The molecule has 0 aromatic carbocycles. The van der Waals surface area contributed by atoms with Gasteiger partial charge in [-0.15, -0.1) is 0 Å². The van der Waals surface area contributed by atoms with Crippen LogP contribution in [0, 0.1) is 12.0 Å². The molecule has 0 saturated heterocycles. The van der Waals surface area contributed by atoms with Crippen LogP contribution in [0.3, 0.4) is 0 Å². The van der Waals surface area contributed by atoms with Crippen molar-refractivity contribution in [3.63, 3.8) is 0 Å². The quantitative estimate of drug-likeness (QED) is 0.627. The zero-order valence-corrected chi connectivity index (χ0v) is 9.17. The Bertz CT molecular complexity index is 525. The van der Waals surface area contributed by atoms with Crippen LogP contribution in [0.15, 0.2) is 78.2 Å². The summed E-state index contributed by atoms with van der Waals surface area (Å²) in [5.41, 5.74) is 1.10. The molecule has 2 nitrogen and oxygen atoms in total. The fourth-order valence-corrected chi connectivity index (χ4v) is 1.81. The summed E-state index contributed by atoms with van der Waals surface area (Å²) in [7, 11) is 0. The summed E-state index contributed by atoms with van der Waals surface area (Å²) >= 11 is 0. The number of fused-ring (bicyclic) bond motifs is 3. The summed E-state index contributed by atoms with van der Waals surface area (Å²) in [6, 6.07) is 0. The van der Waals surface area contributed by atoms with Crippen molar-refractivity contribution in [2.45, 2.75) is 0 Å². The Hall–Kier alpha value is -2.22. The monoisotopic (exact) mass is 223 g/mol. The third-order valence-corrected chi connectivity index (χ3v) is 2.65. The summed E-state index contributed by atoms with van der Waals surface area (Å²) < 4.78 is 11.0. The summed E-state index contributed by atoms with van der Waals surface area (Å²) in [5.74, 6) is 1.72. The van der Waals surface area contributed by atoms with Crippen molar-refractivity contribution >= 4 is 0 Å². The highest BCUT2D eigenvalue weighted by Gasteiger charge is 2.13. The minimum atomic E-state index is 0.180. The predicted molar refractivity (Wildman–Crippen MR) is 65.1 cm³/mol. The van der Waals surface area contributed by atoms with Crippen LogP contribution in [0.25, 0.3) is 0 Å². The topological polar surface area (TPSA) is 18.5 Å².